The van der Waals surface area contributed by atoms with Crippen LogP contribution in [-0.4, -0.2) is 70.8 Å². The maximum atomic E-state index is 12.5. The Morgan fingerprint density at radius 1 is 1.18 bits per heavy atom. The molecule has 2 aliphatic heterocycles. The Morgan fingerprint density at radius 2 is 1.79 bits per heavy atom. The lowest BCUT2D eigenvalue weighted by Crippen LogP contribution is -2.57. The number of Topliss-reactive ketones (excluding diaryl/α,β-unsaturated/α-hetero) is 1. The number of carbonyl (C=O) groups excluding carboxylic acids is 3. The topological polar surface area (TPSA) is 104 Å². The third kappa shape index (κ3) is 3.58. The number of rotatable bonds is 5. The number of hydrogen-bond acceptors (Lipinski definition) is 5. The number of carboxylic acid groups (broad SMARTS) is 1. The van der Waals surface area contributed by atoms with E-state index in [2.05, 4.69) is 0 Å². The predicted octanol–water partition coefficient (Wildman–Crippen LogP) is 1.19. The fourth-order valence-corrected chi connectivity index (χ4v) is 4.15. The van der Waals surface area contributed by atoms with E-state index < -0.39 is 17.4 Å². The molecule has 1 spiro atoms. The summed E-state index contributed by atoms with van der Waals surface area (Å²) in [6.45, 7) is 2.11. The molecule has 2 heterocycles. The maximum absolute atomic E-state index is 12.5. The summed E-state index contributed by atoms with van der Waals surface area (Å²) < 4.78 is 5.51. The van der Waals surface area contributed by atoms with Gasteiger partial charge in [0.05, 0.1) is 11.5 Å². The third-order valence-corrected chi connectivity index (χ3v) is 5.97. The fraction of sp³-hybridized carbons (Fsp3) is 0.500. The van der Waals surface area contributed by atoms with Gasteiger partial charge in [0.2, 0.25) is 5.91 Å². The van der Waals surface area contributed by atoms with Crippen LogP contribution >= 0.6 is 0 Å². The molecule has 1 aromatic carbocycles. The van der Waals surface area contributed by atoms with E-state index in [0.29, 0.717) is 37.2 Å². The van der Waals surface area contributed by atoms with Crippen LogP contribution < -0.4 is 4.74 Å². The number of ketones is 1. The number of likely N-dealkylation sites (tertiary alicyclic amines) is 2. The summed E-state index contributed by atoms with van der Waals surface area (Å²) in [5.41, 5.74) is -0.147. The zero-order valence-corrected chi connectivity index (χ0v) is 16.0. The standard InChI is InChI=1S/C20H24N2O6/c1-13(23)14-3-5-15(6-4-14)28-12-18(25)22-9-7-20(8-10-22)16(19(26)27)11-17(24)21(20)2/h3-6,16H,7-12H2,1-2H3,(H,26,27)/t16-/m0/s1. The van der Waals surface area contributed by atoms with Crippen molar-refractivity contribution < 1.29 is 29.0 Å². The summed E-state index contributed by atoms with van der Waals surface area (Å²) in [6, 6.07) is 6.58. The van der Waals surface area contributed by atoms with E-state index >= 15 is 0 Å². The van der Waals surface area contributed by atoms with Crippen molar-refractivity contribution in [1.29, 1.82) is 0 Å². The number of nitrogens with zero attached hydrogens (tertiary/aromatic N) is 2. The number of hydrogen-bond donors (Lipinski definition) is 1. The number of benzene rings is 1. The van der Waals surface area contributed by atoms with E-state index in [0.717, 1.165) is 0 Å². The molecule has 150 valence electrons. The molecule has 8 heteroatoms. The molecule has 0 saturated carbocycles. The molecule has 0 aromatic heterocycles. The largest absolute Gasteiger partial charge is 0.484 e. The number of amides is 2. The molecule has 0 bridgehead atoms. The van der Waals surface area contributed by atoms with Crippen LogP contribution in [-0.2, 0) is 14.4 Å². The average Bonchev–Trinajstić information content (AvgIpc) is 2.92. The van der Waals surface area contributed by atoms with E-state index in [9.17, 15) is 24.3 Å². The summed E-state index contributed by atoms with van der Waals surface area (Å²) in [5.74, 6) is -1.60. The summed E-state index contributed by atoms with van der Waals surface area (Å²) >= 11 is 0. The Balaban J connectivity index is 1.57. The molecule has 2 fully saturated rings. The number of piperidine rings is 1. The highest BCUT2D eigenvalue weighted by atomic mass is 16.5. The Morgan fingerprint density at radius 3 is 2.32 bits per heavy atom. The molecule has 1 aromatic rings. The van der Waals surface area contributed by atoms with Crippen LogP contribution in [0.25, 0.3) is 0 Å². The molecule has 2 amide bonds. The smallest absolute Gasteiger partial charge is 0.309 e. The van der Waals surface area contributed by atoms with Gasteiger partial charge in [-0.15, -0.1) is 0 Å². The lowest BCUT2D eigenvalue weighted by molar-refractivity contribution is -0.147. The second-order valence-electron chi connectivity index (χ2n) is 7.40. The van der Waals surface area contributed by atoms with Gasteiger partial charge in [-0.25, -0.2) is 0 Å². The molecular weight excluding hydrogens is 364 g/mol. The lowest BCUT2D eigenvalue weighted by Gasteiger charge is -2.45. The number of carboxylic acids is 1. The van der Waals surface area contributed by atoms with Crippen molar-refractivity contribution in [1.82, 2.24) is 9.80 Å². The number of carbonyl (C=O) groups is 4. The molecule has 2 aliphatic rings. The van der Waals surface area contributed by atoms with Crippen molar-refractivity contribution in [3.05, 3.63) is 29.8 Å². The minimum Gasteiger partial charge on any atom is -0.484 e. The second-order valence-corrected chi connectivity index (χ2v) is 7.40. The first-order valence-corrected chi connectivity index (χ1v) is 9.25. The highest BCUT2D eigenvalue weighted by Gasteiger charge is 2.55. The molecule has 0 aliphatic carbocycles. The van der Waals surface area contributed by atoms with Crippen LogP contribution in [0, 0.1) is 5.92 Å². The van der Waals surface area contributed by atoms with Crippen LogP contribution in [0.4, 0.5) is 0 Å². The van der Waals surface area contributed by atoms with Gasteiger partial charge in [-0.3, -0.25) is 19.2 Å². The third-order valence-electron chi connectivity index (χ3n) is 5.97. The SMILES string of the molecule is CC(=O)c1ccc(OCC(=O)N2CCC3(CC2)[C@H](C(=O)O)CC(=O)N3C)cc1. The Hall–Kier alpha value is -2.90. The van der Waals surface area contributed by atoms with Crippen molar-refractivity contribution in [2.45, 2.75) is 31.7 Å². The zero-order chi connectivity index (χ0) is 20.5. The molecule has 8 nitrogen and oxygen atoms in total. The normalized spacial score (nSPS) is 21.1. The second kappa shape index (κ2) is 7.61. The van der Waals surface area contributed by atoms with E-state index in [1.54, 1.807) is 41.1 Å². The zero-order valence-electron chi connectivity index (χ0n) is 16.0. The van der Waals surface area contributed by atoms with Crippen LogP contribution in [0.15, 0.2) is 24.3 Å². The molecule has 0 radical (unpaired) electrons. The Bertz CT molecular complexity index is 795. The summed E-state index contributed by atoms with van der Waals surface area (Å²) in [5, 5.41) is 9.50. The molecule has 1 atom stereocenters. The van der Waals surface area contributed by atoms with Gasteiger partial charge in [0.25, 0.3) is 5.91 Å². The molecule has 3 rings (SSSR count). The summed E-state index contributed by atoms with van der Waals surface area (Å²) in [4.78, 5) is 50.6. The van der Waals surface area contributed by atoms with Crippen LogP contribution in [0.2, 0.25) is 0 Å². The van der Waals surface area contributed by atoms with Gasteiger partial charge in [-0.05, 0) is 44.0 Å². The summed E-state index contributed by atoms with van der Waals surface area (Å²) in [6.07, 6.45) is 0.885. The highest BCUT2D eigenvalue weighted by molar-refractivity contribution is 5.94. The van der Waals surface area contributed by atoms with Gasteiger partial charge in [-0.2, -0.15) is 0 Å². The van der Waals surface area contributed by atoms with Gasteiger partial charge in [0.15, 0.2) is 12.4 Å². The van der Waals surface area contributed by atoms with Crippen molar-refractivity contribution in [2.24, 2.45) is 5.92 Å². The van der Waals surface area contributed by atoms with Crippen LogP contribution in [0.5, 0.6) is 5.75 Å². The van der Waals surface area contributed by atoms with Gasteiger partial charge in [-0.1, -0.05) is 0 Å². The summed E-state index contributed by atoms with van der Waals surface area (Å²) in [7, 11) is 1.65. The first-order chi connectivity index (χ1) is 13.2. The number of aliphatic carboxylic acids is 1. The number of ether oxygens (including phenoxy) is 1. The van der Waals surface area contributed by atoms with Crippen LogP contribution in [0.1, 0.15) is 36.5 Å². The minimum atomic E-state index is -0.963. The average molecular weight is 388 g/mol. The van der Waals surface area contributed by atoms with E-state index in [4.69, 9.17) is 4.74 Å². The Kier molecular flexibility index (Phi) is 5.40. The first-order valence-electron chi connectivity index (χ1n) is 9.25. The van der Waals surface area contributed by atoms with Crippen molar-refractivity contribution >= 4 is 23.6 Å². The van der Waals surface area contributed by atoms with Gasteiger partial charge < -0.3 is 19.6 Å². The molecule has 2 saturated heterocycles. The quantitative estimate of drug-likeness (QED) is 0.760. The molecule has 1 N–H and O–H groups in total. The van der Waals surface area contributed by atoms with E-state index in [1.807, 2.05) is 0 Å². The van der Waals surface area contributed by atoms with Crippen LogP contribution in [0.3, 0.4) is 0 Å². The lowest BCUT2D eigenvalue weighted by atomic mass is 9.77. The fourth-order valence-electron chi connectivity index (χ4n) is 4.15. The van der Waals surface area contributed by atoms with E-state index in [-0.39, 0.29) is 30.6 Å². The maximum Gasteiger partial charge on any atom is 0.309 e. The van der Waals surface area contributed by atoms with Gasteiger partial charge >= 0.3 is 5.97 Å². The van der Waals surface area contributed by atoms with Crippen molar-refractivity contribution in [3.63, 3.8) is 0 Å². The Labute approximate surface area is 163 Å². The molecule has 28 heavy (non-hydrogen) atoms. The molecule has 0 unspecified atom stereocenters. The van der Waals surface area contributed by atoms with Gasteiger partial charge in [0.1, 0.15) is 5.75 Å². The minimum absolute atomic E-state index is 0.0130. The van der Waals surface area contributed by atoms with E-state index in [1.165, 1.54) is 6.92 Å². The molecular formula is C20H24N2O6. The monoisotopic (exact) mass is 388 g/mol. The first kappa shape index (κ1) is 19.9. The van der Waals surface area contributed by atoms with Crippen molar-refractivity contribution in [2.75, 3.05) is 26.7 Å². The predicted molar refractivity (Wildman–Crippen MR) is 99.0 cm³/mol. The highest BCUT2D eigenvalue weighted by Crippen LogP contribution is 2.42. The van der Waals surface area contributed by atoms with Crippen molar-refractivity contribution in [3.8, 4) is 5.75 Å². The van der Waals surface area contributed by atoms with Gasteiger partial charge in [0, 0.05) is 32.1 Å².